The highest BCUT2D eigenvalue weighted by molar-refractivity contribution is 5.81. The third kappa shape index (κ3) is 5.94. The Balaban J connectivity index is 2.06. The maximum absolute atomic E-state index is 11.6. The fourth-order valence-corrected chi connectivity index (χ4v) is 2.88. The Morgan fingerprint density at radius 2 is 1.96 bits per heavy atom. The molecule has 1 saturated heterocycles. The number of benzene rings is 1. The molecule has 146 valence electrons. The Kier molecular flexibility index (Phi) is 7.57. The largest absolute Gasteiger partial charge is 0.491 e. The van der Waals surface area contributed by atoms with Crippen LogP contribution in [0.4, 0.5) is 0 Å². The normalized spacial score (nSPS) is 22.5. The maximum atomic E-state index is 11.6. The predicted molar refractivity (Wildman–Crippen MR) is 97.1 cm³/mol. The van der Waals surface area contributed by atoms with Crippen molar-refractivity contribution in [3.63, 3.8) is 0 Å². The Morgan fingerprint density at radius 3 is 2.63 bits per heavy atom. The molecule has 7 nitrogen and oxygen atoms in total. The number of aliphatic hydroxyl groups excluding tert-OH is 1. The average molecular weight is 376 g/mol. The minimum absolute atomic E-state index is 0.00660. The Bertz CT molecular complexity index is 658. The average Bonchev–Trinajstić information content (AvgIpc) is 3.07. The molecule has 1 fully saturated rings. The summed E-state index contributed by atoms with van der Waals surface area (Å²) in [6.07, 6.45) is 0.926. The highest BCUT2D eigenvalue weighted by Gasteiger charge is 2.49. The Labute approximate surface area is 158 Å². The molecule has 0 amide bonds. The van der Waals surface area contributed by atoms with E-state index in [1.54, 1.807) is 12.1 Å². The third-order valence-corrected chi connectivity index (χ3v) is 4.17. The zero-order valence-corrected chi connectivity index (χ0v) is 15.0. The van der Waals surface area contributed by atoms with Gasteiger partial charge in [-0.3, -0.25) is 0 Å². The van der Waals surface area contributed by atoms with Crippen LogP contribution >= 0.6 is 0 Å². The van der Waals surface area contributed by atoms with Gasteiger partial charge in [0.25, 0.3) is 0 Å². The summed E-state index contributed by atoms with van der Waals surface area (Å²) < 4.78 is 21.8. The van der Waals surface area contributed by atoms with Gasteiger partial charge >= 0.3 is 11.9 Å². The molecule has 0 bridgehead atoms. The number of carbonyl (C=O) groups excluding carboxylic acids is 2. The Hall–Kier alpha value is -2.64. The summed E-state index contributed by atoms with van der Waals surface area (Å²) in [4.78, 5) is 23.1. The van der Waals surface area contributed by atoms with Gasteiger partial charge in [0, 0.05) is 25.0 Å². The first-order chi connectivity index (χ1) is 13.0. The molecule has 1 aliphatic rings. The summed E-state index contributed by atoms with van der Waals surface area (Å²) in [5, 5.41) is 10.4. The van der Waals surface area contributed by atoms with E-state index in [0.29, 0.717) is 18.8 Å². The van der Waals surface area contributed by atoms with Crippen LogP contribution < -0.4 is 4.74 Å². The fraction of sp³-hybridized carbons (Fsp3) is 0.400. The Morgan fingerprint density at radius 1 is 1.26 bits per heavy atom. The smallest absolute Gasteiger partial charge is 0.330 e. The number of carbonyl (C=O) groups is 2. The van der Waals surface area contributed by atoms with Crippen molar-refractivity contribution in [2.24, 2.45) is 0 Å². The van der Waals surface area contributed by atoms with E-state index in [4.69, 9.17) is 18.9 Å². The first-order valence-electron chi connectivity index (χ1n) is 8.61. The lowest BCUT2D eigenvalue weighted by Crippen LogP contribution is -2.49. The molecule has 1 aromatic rings. The molecule has 27 heavy (non-hydrogen) atoms. The first kappa shape index (κ1) is 20.7. The lowest BCUT2D eigenvalue weighted by Gasteiger charge is -2.34. The zero-order chi connectivity index (χ0) is 19.7. The number of ether oxygens (including phenoxy) is 4. The minimum Gasteiger partial charge on any atom is -0.491 e. The number of esters is 2. The van der Waals surface area contributed by atoms with E-state index in [2.05, 4.69) is 13.2 Å². The zero-order valence-electron chi connectivity index (χ0n) is 15.0. The molecule has 0 radical (unpaired) electrons. The van der Waals surface area contributed by atoms with Crippen molar-refractivity contribution in [2.75, 3.05) is 19.8 Å². The van der Waals surface area contributed by atoms with Gasteiger partial charge in [-0.1, -0.05) is 31.4 Å². The molecule has 0 saturated carbocycles. The van der Waals surface area contributed by atoms with E-state index in [1.165, 1.54) is 0 Å². The van der Waals surface area contributed by atoms with Crippen LogP contribution in [0, 0.1) is 0 Å². The van der Waals surface area contributed by atoms with Crippen LogP contribution in [-0.2, 0) is 23.8 Å². The SMILES string of the molecule is C=CC(=O)OCC1(CC(O)COc2ccccc2)OCCC1OC(=O)C=C. The van der Waals surface area contributed by atoms with Gasteiger partial charge in [-0.25, -0.2) is 9.59 Å². The van der Waals surface area contributed by atoms with E-state index in [0.717, 1.165) is 12.2 Å². The van der Waals surface area contributed by atoms with Crippen LogP contribution in [-0.4, -0.2) is 54.7 Å². The van der Waals surface area contributed by atoms with Crippen molar-refractivity contribution in [3.8, 4) is 5.75 Å². The molecule has 0 aromatic heterocycles. The standard InChI is InChI=1S/C20H24O7/c1-3-18(22)25-14-20(17(10-11-26-20)27-19(23)4-2)12-15(21)13-24-16-8-6-5-7-9-16/h3-9,15,17,21H,1-2,10-14H2. The number of hydrogen-bond donors (Lipinski definition) is 1. The molecule has 1 aromatic carbocycles. The molecular formula is C20H24O7. The van der Waals surface area contributed by atoms with Crippen LogP contribution in [0.15, 0.2) is 55.6 Å². The topological polar surface area (TPSA) is 91.3 Å². The lowest BCUT2D eigenvalue weighted by atomic mass is 9.91. The molecule has 1 aliphatic heterocycles. The van der Waals surface area contributed by atoms with E-state index in [9.17, 15) is 14.7 Å². The molecular weight excluding hydrogens is 352 g/mol. The van der Waals surface area contributed by atoms with Gasteiger partial charge in [0.15, 0.2) is 0 Å². The van der Waals surface area contributed by atoms with Crippen molar-refractivity contribution in [3.05, 3.63) is 55.6 Å². The van der Waals surface area contributed by atoms with Gasteiger partial charge in [-0.05, 0) is 12.1 Å². The molecule has 2 rings (SSSR count). The molecule has 7 heteroatoms. The molecule has 1 heterocycles. The summed E-state index contributed by atoms with van der Waals surface area (Å²) in [7, 11) is 0. The van der Waals surface area contributed by atoms with Crippen molar-refractivity contribution in [2.45, 2.75) is 30.7 Å². The highest BCUT2D eigenvalue weighted by atomic mass is 16.6. The molecule has 0 aliphatic carbocycles. The van der Waals surface area contributed by atoms with Crippen LogP contribution in [0.25, 0.3) is 0 Å². The van der Waals surface area contributed by atoms with Gasteiger partial charge < -0.3 is 24.1 Å². The van der Waals surface area contributed by atoms with Gasteiger partial charge in [-0.15, -0.1) is 0 Å². The molecule has 3 unspecified atom stereocenters. The van der Waals surface area contributed by atoms with Crippen LogP contribution in [0.3, 0.4) is 0 Å². The monoisotopic (exact) mass is 376 g/mol. The van der Waals surface area contributed by atoms with Crippen LogP contribution in [0.5, 0.6) is 5.75 Å². The maximum Gasteiger partial charge on any atom is 0.330 e. The van der Waals surface area contributed by atoms with Gasteiger partial charge in [-0.2, -0.15) is 0 Å². The number of para-hydroxylation sites is 1. The van der Waals surface area contributed by atoms with Crippen molar-refractivity contribution in [1.29, 1.82) is 0 Å². The number of aliphatic hydroxyl groups is 1. The molecule has 0 spiro atoms. The molecule has 1 N–H and O–H groups in total. The van der Waals surface area contributed by atoms with Crippen LogP contribution in [0.1, 0.15) is 12.8 Å². The second kappa shape index (κ2) is 9.89. The number of rotatable bonds is 10. The van der Waals surface area contributed by atoms with Crippen molar-refractivity contribution < 1.29 is 33.6 Å². The summed E-state index contributed by atoms with van der Waals surface area (Å²) >= 11 is 0. The third-order valence-electron chi connectivity index (χ3n) is 4.17. The number of hydrogen-bond acceptors (Lipinski definition) is 7. The first-order valence-corrected chi connectivity index (χ1v) is 8.61. The van der Waals surface area contributed by atoms with Gasteiger partial charge in [0.2, 0.25) is 0 Å². The quantitative estimate of drug-likeness (QED) is 0.492. The van der Waals surface area contributed by atoms with Crippen LogP contribution in [0.2, 0.25) is 0 Å². The van der Waals surface area contributed by atoms with Gasteiger partial charge in [0.05, 0.1) is 12.7 Å². The van der Waals surface area contributed by atoms with Gasteiger partial charge in [0.1, 0.15) is 30.7 Å². The predicted octanol–water partition coefficient (Wildman–Crippen LogP) is 1.80. The minimum atomic E-state index is -1.17. The fourth-order valence-electron chi connectivity index (χ4n) is 2.88. The second-order valence-corrected chi connectivity index (χ2v) is 6.13. The van der Waals surface area contributed by atoms with Crippen molar-refractivity contribution in [1.82, 2.24) is 0 Å². The summed E-state index contributed by atoms with van der Waals surface area (Å²) in [6, 6.07) is 9.05. The molecule has 3 atom stereocenters. The van der Waals surface area contributed by atoms with Crippen molar-refractivity contribution >= 4 is 11.9 Å². The van der Waals surface area contributed by atoms with E-state index in [-0.39, 0.29) is 19.6 Å². The highest BCUT2D eigenvalue weighted by Crippen LogP contribution is 2.34. The lowest BCUT2D eigenvalue weighted by molar-refractivity contribution is -0.171. The second-order valence-electron chi connectivity index (χ2n) is 6.13. The summed E-state index contributed by atoms with van der Waals surface area (Å²) in [5.74, 6) is -0.626. The summed E-state index contributed by atoms with van der Waals surface area (Å²) in [5.41, 5.74) is -1.17. The van der Waals surface area contributed by atoms with E-state index >= 15 is 0 Å². The van der Waals surface area contributed by atoms with E-state index in [1.807, 2.05) is 18.2 Å². The summed E-state index contributed by atoms with van der Waals surface area (Å²) in [6.45, 7) is 6.85. The van der Waals surface area contributed by atoms with E-state index < -0.39 is 29.7 Å².